The number of nitrogens with zero attached hydrogens (tertiary/aromatic N) is 7. The standard InChI is InChI=1S/C69H98N8O6/c1-42(9-21-62(78)82-7)52-19-20-53-50-17-13-46-36-68(80,29-27-64(46,3)54(50)23-25-66(52,53)5)40-75-38-58(71-73-75)44-11-15-48-49-16-12-45(34-61(49)77(32-31-70)60(48)33-44)59-39-76(74-72-59)41-69(81)30-28-65(4)47(37-69)14-18-51-55(65)24-26-67(6)56(35-57(51)67)43(2)10-22-63(79)83-8/h11-12,15-16,33-34,38-39,42-43,46-47,50-57,80-81H,9-10,13-14,17-32,35-37,40-41,70H2,1-8H3/t42-,43-,46-,47+,50+,51-,52?,53+,54?,55?,56?,57+,64?,65?,66?,67?,68+,69+/m1/s1. The normalized spacial score (nSPS) is 38.9. The van der Waals surface area contributed by atoms with E-state index in [1.807, 2.05) is 21.8 Å². The van der Waals surface area contributed by atoms with E-state index < -0.39 is 11.2 Å². The van der Waals surface area contributed by atoms with Gasteiger partial charge in [0.2, 0.25) is 0 Å². The molecule has 0 saturated heterocycles. The molecule has 3 aromatic heterocycles. The number of esters is 2. The molecule has 450 valence electrons. The predicted molar refractivity (Wildman–Crippen MR) is 323 cm³/mol. The van der Waals surface area contributed by atoms with Crippen LogP contribution in [0.1, 0.15) is 176 Å². The second kappa shape index (κ2) is 21.3. The molecule has 8 saturated carbocycles. The van der Waals surface area contributed by atoms with E-state index in [1.54, 1.807) is 0 Å². The van der Waals surface area contributed by atoms with E-state index in [0.717, 1.165) is 119 Å². The molecule has 3 heterocycles. The van der Waals surface area contributed by atoms with Crippen LogP contribution in [0.15, 0.2) is 48.8 Å². The molecule has 0 spiro atoms. The van der Waals surface area contributed by atoms with E-state index in [9.17, 15) is 19.8 Å². The maximum atomic E-state index is 12.4. The highest BCUT2D eigenvalue weighted by Crippen LogP contribution is 2.72. The summed E-state index contributed by atoms with van der Waals surface area (Å²) in [4.78, 5) is 24.0. The van der Waals surface area contributed by atoms with Crippen molar-refractivity contribution in [3.63, 3.8) is 0 Å². The molecule has 5 aromatic rings. The Morgan fingerprint density at radius 3 is 1.57 bits per heavy atom. The van der Waals surface area contributed by atoms with Gasteiger partial charge < -0.3 is 30.0 Å². The number of nitrogens with two attached hydrogens (primary N) is 1. The molecule has 8 fully saturated rings. The molecule has 14 heteroatoms. The minimum absolute atomic E-state index is 0.0845. The number of methoxy groups -OCH3 is 2. The zero-order valence-corrected chi connectivity index (χ0v) is 51.5. The van der Waals surface area contributed by atoms with E-state index >= 15 is 0 Å². The van der Waals surface area contributed by atoms with Crippen LogP contribution in [0, 0.1) is 92.7 Å². The van der Waals surface area contributed by atoms with Gasteiger partial charge in [-0.2, -0.15) is 0 Å². The number of carbonyl (C=O) groups is 2. The molecule has 0 aliphatic heterocycles. The third-order valence-corrected chi connectivity index (χ3v) is 26.7. The predicted octanol–water partition coefficient (Wildman–Crippen LogP) is 12.8. The molecule has 18 atom stereocenters. The average molecular weight is 1140 g/mol. The number of aliphatic hydroxyl groups is 2. The summed E-state index contributed by atoms with van der Waals surface area (Å²) >= 11 is 0. The van der Waals surface area contributed by atoms with Gasteiger partial charge in [0.1, 0.15) is 11.4 Å². The lowest BCUT2D eigenvalue weighted by Gasteiger charge is -2.69. The number of hydrogen-bond acceptors (Lipinski definition) is 11. The minimum Gasteiger partial charge on any atom is -0.469 e. The summed E-state index contributed by atoms with van der Waals surface area (Å²) in [5.41, 5.74) is 11.6. The summed E-state index contributed by atoms with van der Waals surface area (Å²) in [7, 11) is 3.00. The van der Waals surface area contributed by atoms with Gasteiger partial charge in [-0.25, -0.2) is 9.36 Å². The fourth-order valence-electron chi connectivity index (χ4n) is 22.1. The molecular weight excluding hydrogens is 1040 g/mol. The molecule has 8 aliphatic carbocycles. The van der Waals surface area contributed by atoms with Gasteiger partial charge in [-0.3, -0.25) is 9.59 Å². The first-order valence-electron chi connectivity index (χ1n) is 32.9. The second-order valence-corrected chi connectivity index (χ2v) is 30.5. The van der Waals surface area contributed by atoms with Crippen LogP contribution in [0.25, 0.3) is 44.3 Å². The van der Waals surface area contributed by atoms with Gasteiger partial charge >= 0.3 is 11.9 Å². The Morgan fingerprint density at radius 2 is 1.07 bits per heavy atom. The first-order valence-corrected chi connectivity index (χ1v) is 32.9. The number of carbonyl (C=O) groups excluding carboxylic acids is 2. The van der Waals surface area contributed by atoms with Crippen molar-refractivity contribution in [1.29, 1.82) is 0 Å². The van der Waals surface area contributed by atoms with Crippen LogP contribution < -0.4 is 5.73 Å². The van der Waals surface area contributed by atoms with E-state index in [4.69, 9.17) is 25.4 Å². The van der Waals surface area contributed by atoms with Crippen LogP contribution in [0.3, 0.4) is 0 Å². The quantitative estimate of drug-likeness (QED) is 0.0799. The van der Waals surface area contributed by atoms with Crippen LogP contribution in [-0.4, -0.2) is 88.7 Å². The summed E-state index contributed by atoms with van der Waals surface area (Å²) < 4.78 is 16.1. The molecule has 4 N–H and O–H groups in total. The molecule has 83 heavy (non-hydrogen) atoms. The van der Waals surface area contributed by atoms with Crippen molar-refractivity contribution in [2.45, 2.75) is 207 Å². The highest BCUT2D eigenvalue weighted by molar-refractivity contribution is 6.10. The van der Waals surface area contributed by atoms with Crippen molar-refractivity contribution in [2.24, 2.45) is 98.4 Å². The Bertz CT molecular complexity index is 3240. The number of benzene rings is 2. The zero-order chi connectivity index (χ0) is 58.0. The molecule has 2 aromatic carbocycles. The molecule has 0 bridgehead atoms. The van der Waals surface area contributed by atoms with Gasteiger partial charge in [-0.05, 0) is 227 Å². The van der Waals surface area contributed by atoms with Crippen LogP contribution in [-0.2, 0) is 38.7 Å². The average Bonchev–Trinajstić information content (AvgIpc) is 3.84. The summed E-state index contributed by atoms with van der Waals surface area (Å²) in [6.07, 6.45) is 26.2. The monoisotopic (exact) mass is 1130 g/mol. The SMILES string of the molecule is COC(=O)CC[C@@H](C)C1CC[C@H]2[C@@H]3CC[C@@H]4C[C@](O)(Cn5cc(-c6ccc7c8ccc(-c9cn(C[C@]%10(O)CCC%11(C)C%12CCC%13(C)C([C@H](C)CCC(=O)OC)C[C@H]%13[C@@H]%12CC[C@H]%11C%10)nn9)cc8n(CCN)c7c6)nn5)CCC4(C)C3CCC12C. The summed E-state index contributed by atoms with van der Waals surface area (Å²) in [5.74, 6) is 7.74. The minimum atomic E-state index is -0.828. The van der Waals surface area contributed by atoms with Crippen molar-refractivity contribution in [1.82, 2.24) is 34.6 Å². The van der Waals surface area contributed by atoms with E-state index in [0.29, 0.717) is 97.2 Å². The lowest BCUT2D eigenvalue weighted by atomic mass is 9.36. The third kappa shape index (κ3) is 9.65. The Hall–Kier alpha value is -4.66. The number of rotatable bonds is 16. The van der Waals surface area contributed by atoms with Crippen molar-refractivity contribution < 1.29 is 29.3 Å². The maximum Gasteiger partial charge on any atom is 0.305 e. The zero-order valence-electron chi connectivity index (χ0n) is 51.5. The molecule has 0 radical (unpaired) electrons. The topological polar surface area (TPSA) is 185 Å². The lowest BCUT2D eigenvalue weighted by molar-refractivity contribution is -0.206. The van der Waals surface area contributed by atoms with Crippen LogP contribution in [0.2, 0.25) is 0 Å². The first-order chi connectivity index (χ1) is 39.7. The Balaban J connectivity index is 0.650. The molecule has 13 rings (SSSR count). The van der Waals surface area contributed by atoms with Crippen molar-refractivity contribution in [2.75, 3.05) is 20.8 Å². The summed E-state index contributed by atoms with van der Waals surface area (Å²) in [5, 5.41) is 45.9. The fraction of sp³-hybridized carbons (Fsp3) is 0.739. The highest BCUT2D eigenvalue weighted by atomic mass is 16.5. The number of hydrogen-bond donors (Lipinski definition) is 3. The van der Waals surface area contributed by atoms with Gasteiger partial charge in [-0.1, -0.05) is 76.2 Å². The van der Waals surface area contributed by atoms with Gasteiger partial charge in [0.15, 0.2) is 0 Å². The maximum absolute atomic E-state index is 12.4. The smallest absolute Gasteiger partial charge is 0.305 e. The van der Waals surface area contributed by atoms with Crippen LogP contribution in [0.5, 0.6) is 0 Å². The van der Waals surface area contributed by atoms with Gasteiger partial charge in [0, 0.05) is 58.9 Å². The van der Waals surface area contributed by atoms with Crippen molar-refractivity contribution in [3.05, 3.63) is 48.8 Å². The van der Waals surface area contributed by atoms with E-state index in [2.05, 4.69) is 92.9 Å². The lowest BCUT2D eigenvalue weighted by Crippen LogP contribution is -2.62. The Kier molecular flexibility index (Phi) is 14.8. The second-order valence-electron chi connectivity index (χ2n) is 30.5. The molecule has 0 amide bonds. The van der Waals surface area contributed by atoms with Gasteiger partial charge in [0.05, 0.1) is 50.9 Å². The Labute approximate surface area is 493 Å². The number of ether oxygens (including phenoxy) is 2. The van der Waals surface area contributed by atoms with E-state index in [-0.39, 0.29) is 22.8 Å². The third-order valence-electron chi connectivity index (χ3n) is 26.7. The number of fused-ring (bicyclic) bond motifs is 13. The molecule has 14 nitrogen and oxygen atoms in total. The molecule has 8 aliphatic rings. The Morgan fingerprint density at radius 1 is 0.602 bits per heavy atom. The van der Waals surface area contributed by atoms with E-state index in [1.165, 1.54) is 84.8 Å². The van der Waals surface area contributed by atoms with Crippen LogP contribution in [0.4, 0.5) is 0 Å². The van der Waals surface area contributed by atoms with Gasteiger partial charge in [0.25, 0.3) is 0 Å². The van der Waals surface area contributed by atoms with Crippen molar-refractivity contribution >= 4 is 33.7 Å². The fourth-order valence-corrected chi connectivity index (χ4v) is 22.1. The van der Waals surface area contributed by atoms with Crippen molar-refractivity contribution in [3.8, 4) is 22.5 Å². The number of aromatic nitrogens is 7. The summed E-state index contributed by atoms with van der Waals surface area (Å²) in [6, 6.07) is 13.1. The van der Waals surface area contributed by atoms with Crippen LogP contribution >= 0.6 is 0 Å². The first kappa shape index (κ1) is 57.4. The summed E-state index contributed by atoms with van der Waals surface area (Å²) in [6.45, 7) is 17.1. The highest BCUT2D eigenvalue weighted by Gasteiger charge is 2.65. The van der Waals surface area contributed by atoms with Gasteiger partial charge in [-0.15, -0.1) is 10.2 Å². The largest absolute Gasteiger partial charge is 0.469 e. The molecule has 8 unspecified atom stereocenters. The molecular formula is C69H98N8O6.